The van der Waals surface area contributed by atoms with E-state index in [2.05, 4.69) is 5.43 Å². The van der Waals surface area contributed by atoms with Crippen molar-refractivity contribution in [3.63, 3.8) is 0 Å². The van der Waals surface area contributed by atoms with E-state index in [1.807, 2.05) is 18.2 Å². The Balaban J connectivity index is 2.11. The van der Waals surface area contributed by atoms with E-state index in [0.29, 0.717) is 21.4 Å². The van der Waals surface area contributed by atoms with Gasteiger partial charge >= 0.3 is 0 Å². The van der Waals surface area contributed by atoms with Crippen molar-refractivity contribution in [1.82, 2.24) is 5.43 Å². The van der Waals surface area contributed by atoms with E-state index in [9.17, 15) is 4.79 Å². The molecular formula is C14H12Cl2N2OS. The first kappa shape index (κ1) is 15.2. The van der Waals surface area contributed by atoms with Crippen LogP contribution in [0.5, 0.6) is 0 Å². The van der Waals surface area contributed by atoms with Crippen molar-refractivity contribution < 1.29 is 4.79 Å². The summed E-state index contributed by atoms with van der Waals surface area (Å²) in [6.07, 6.45) is 0. The number of nitrogen functional groups attached to an aromatic ring is 1. The molecule has 6 heteroatoms. The monoisotopic (exact) mass is 326 g/mol. The summed E-state index contributed by atoms with van der Waals surface area (Å²) < 4.78 is 0. The first-order valence-electron chi connectivity index (χ1n) is 5.78. The fourth-order valence-electron chi connectivity index (χ4n) is 1.63. The second-order valence-corrected chi connectivity index (χ2v) is 5.90. The van der Waals surface area contributed by atoms with E-state index in [-0.39, 0.29) is 5.91 Å². The molecule has 2 aromatic rings. The third-order valence-corrected chi connectivity index (χ3v) is 4.41. The maximum Gasteiger partial charge on any atom is 0.265 e. The molecule has 0 unspecified atom stereocenters. The van der Waals surface area contributed by atoms with Crippen LogP contribution in [0.4, 0.5) is 0 Å². The van der Waals surface area contributed by atoms with Crippen molar-refractivity contribution in [1.29, 1.82) is 0 Å². The van der Waals surface area contributed by atoms with Crippen LogP contribution in [0.3, 0.4) is 0 Å². The summed E-state index contributed by atoms with van der Waals surface area (Å²) in [6.45, 7) is 0. The lowest BCUT2D eigenvalue weighted by atomic mass is 10.1. The van der Waals surface area contributed by atoms with Crippen molar-refractivity contribution in [2.24, 2.45) is 5.84 Å². The lowest BCUT2D eigenvalue weighted by molar-refractivity contribution is 0.0953. The summed E-state index contributed by atoms with van der Waals surface area (Å²) in [5.74, 6) is 5.50. The zero-order valence-electron chi connectivity index (χ0n) is 10.4. The van der Waals surface area contributed by atoms with E-state index in [1.54, 1.807) is 36.0 Å². The molecule has 0 spiro atoms. The number of nitrogens with two attached hydrogens (primary N) is 1. The summed E-state index contributed by atoms with van der Waals surface area (Å²) in [5.41, 5.74) is 3.65. The highest BCUT2D eigenvalue weighted by Crippen LogP contribution is 2.32. The highest BCUT2D eigenvalue weighted by molar-refractivity contribution is 7.98. The minimum Gasteiger partial charge on any atom is -0.290 e. The molecule has 3 N–H and O–H groups in total. The van der Waals surface area contributed by atoms with E-state index in [0.717, 1.165) is 10.5 Å². The van der Waals surface area contributed by atoms with Crippen LogP contribution in [-0.4, -0.2) is 5.91 Å². The van der Waals surface area contributed by atoms with Gasteiger partial charge in [-0.2, -0.15) is 0 Å². The van der Waals surface area contributed by atoms with Crippen molar-refractivity contribution in [2.75, 3.05) is 0 Å². The maximum absolute atomic E-state index is 11.5. The standard InChI is InChI=1S/C14H12Cl2N2OS/c15-11-4-5-12(16)13(7-11)20-8-9-2-1-3-10(6-9)14(19)18-17/h1-7H,8,17H2,(H,18,19). The maximum atomic E-state index is 11.5. The quantitative estimate of drug-likeness (QED) is 0.388. The lowest BCUT2D eigenvalue weighted by Crippen LogP contribution is -2.29. The lowest BCUT2D eigenvalue weighted by Gasteiger charge is -2.06. The topological polar surface area (TPSA) is 55.1 Å². The van der Waals surface area contributed by atoms with Gasteiger partial charge in [0.2, 0.25) is 0 Å². The second kappa shape index (κ2) is 6.99. The van der Waals surface area contributed by atoms with Crippen LogP contribution in [0.25, 0.3) is 0 Å². The number of nitrogens with one attached hydrogen (secondary N) is 1. The summed E-state index contributed by atoms with van der Waals surface area (Å²) in [5, 5.41) is 1.31. The van der Waals surface area contributed by atoms with Crippen molar-refractivity contribution in [3.05, 3.63) is 63.6 Å². The van der Waals surface area contributed by atoms with Crippen LogP contribution in [0, 0.1) is 0 Å². The third-order valence-electron chi connectivity index (χ3n) is 2.61. The molecule has 0 aliphatic heterocycles. The fourth-order valence-corrected chi connectivity index (χ4v) is 3.07. The average Bonchev–Trinajstić information content (AvgIpc) is 2.47. The zero-order valence-corrected chi connectivity index (χ0v) is 12.7. The number of halogens is 2. The van der Waals surface area contributed by atoms with Crippen LogP contribution < -0.4 is 11.3 Å². The van der Waals surface area contributed by atoms with Gasteiger partial charge in [0.05, 0.1) is 5.02 Å². The molecule has 1 amide bonds. The Hall–Kier alpha value is -1.20. The van der Waals surface area contributed by atoms with Crippen molar-refractivity contribution in [3.8, 4) is 0 Å². The molecule has 0 atom stereocenters. The van der Waals surface area contributed by atoms with E-state index in [4.69, 9.17) is 29.0 Å². The summed E-state index contributed by atoms with van der Waals surface area (Å²) in [7, 11) is 0. The van der Waals surface area contributed by atoms with Gasteiger partial charge in [0, 0.05) is 21.2 Å². The average molecular weight is 327 g/mol. The third kappa shape index (κ3) is 3.90. The Labute approximate surface area is 131 Å². The van der Waals surface area contributed by atoms with E-state index >= 15 is 0 Å². The van der Waals surface area contributed by atoms with Crippen molar-refractivity contribution in [2.45, 2.75) is 10.6 Å². The first-order chi connectivity index (χ1) is 9.60. The molecule has 0 bridgehead atoms. The number of hydrogen-bond donors (Lipinski definition) is 2. The van der Waals surface area contributed by atoms with Gasteiger partial charge < -0.3 is 0 Å². The number of carbonyl (C=O) groups is 1. The largest absolute Gasteiger partial charge is 0.290 e. The number of amides is 1. The Bertz CT molecular complexity index is 634. The first-order valence-corrected chi connectivity index (χ1v) is 7.52. The number of hydrazine groups is 1. The van der Waals surface area contributed by atoms with Gasteiger partial charge in [-0.05, 0) is 35.9 Å². The van der Waals surface area contributed by atoms with Gasteiger partial charge in [-0.3, -0.25) is 10.2 Å². The van der Waals surface area contributed by atoms with Crippen LogP contribution in [-0.2, 0) is 5.75 Å². The van der Waals surface area contributed by atoms with Gasteiger partial charge in [0.1, 0.15) is 0 Å². The fraction of sp³-hybridized carbons (Fsp3) is 0.0714. The molecule has 0 aliphatic carbocycles. The molecule has 0 saturated heterocycles. The van der Waals surface area contributed by atoms with Gasteiger partial charge in [0.25, 0.3) is 5.91 Å². The highest BCUT2D eigenvalue weighted by Gasteiger charge is 2.06. The minimum absolute atomic E-state index is 0.308. The Morgan fingerprint density at radius 1 is 1.20 bits per heavy atom. The van der Waals surface area contributed by atoms with Crippen LogP contribution in [0.15, 0.2) is 47.4 Å². The second-order valence-electron chi connectivity index (χ2n) is 4.04. The van der Waals surface area contributed by atoms with Crippen molar-refractivity contribution >= 4 is 40.9 Å². The molecule has 0 heterocycles. The van der Waals surface area contributed by atoms with Gasteiger partial charge in [-0.1, -0.05) is 35.3 Å². The van der Waals surface area contributed by atoms with Gasteiger partial charge in [0.15, 0.2) is 0 Å². The molecule has 20 heavy (non-hydrogen) atoms. The molecule has 3 nitrogen and oxygen atoms in total. The predicted octanol–water partition coefficient (Wildman–Crippen LogP) is 3.89. The van der Waals surface area contributed by atoms with E-state index in [1.165, 1.54) is 0 Å². The molecular weight excluding hydrogens is 315 g/mol. The van der Waals surface area contributed by atoms with Crippen LogP contribution in [0.1, 0.15) is 15.9 Å². The normalized spacial score (nSPS) is 10.3. The summed E-state index contributed by atoms with van der Waals surface area (Å²) in [6, 6.07) is 12.6. The molecule has 0 saturated carbocycles. The smallest absolute Gasteiger partial charge is 0.265 e. The Morgan fingerprint density at radius 2 is 2.00 bits per heavy atom. The Morgan fingerprint density at radius 3 is 2.75 bits per heavy atom. The SMILES string of the molecule is NNC(=O)c1cccc(CSc2cc(Cl)ccc2Cl)c1. The number of carbonyl (C=O) groups excluding carboxylic acids is 1. The molecule has 0 aromatic heterocycles. The molecule has 0 aliphatic rings. The zero-order chi connectivity index (χ0) is 14.5. The molecule has 0 fully saturated rings. The number of benzene rings is 2. The van der Waals surface area contributed by atoms with Crippen LogP contribution >= 0.6 is 35.0 Å². The number of thioether (sulfide) groups is 1. The van der Waals surface area contributed by atoms with Gasteiger partial charge in [-0.25, -0.2) is 5.84 Å². The molecule has 104 valence electrons. The number of rotatable bonds is 4. The minimum atomic E-state index is -0.308. The summed E-state index contributed by atoms with van der Waals surface area (Å²) in [4.78, 5) is 12.4. The number of hydrogen-bond acceptors (Lipinski definition) is 3. The Kier molecular flexibility index (Phi) is 5.31. The predicted molar refractivity (Wildman–Crippen MR) is 84.1 cm³/mol. The molecule has 2 rings (SSSR count). The highest BCUT2D eigenvalue weighted by atomic mass is 35.5. The molecule has 0 radical (unpaired) electrons. The summed E-state index contributed by atoms with van der Waals surface area (Å²) >= 11 is 13.6. The van der Waals surface area contributed by atoms with E-state index < -0.39 is 0 Å². The van der Waals surface area contributed by atoms with Crippen LogP contribution in [0.2, 0.25) is 10.0 Å². The molecule has 2 aromatic carbocycles. The van der Waals surface area contributed by atoms with Gasteiger partial charge in [-0.15, -0.1) is 11.8 Å².